The van der Waals surface area contributed by atoms with Gasteiger partial charge < -0.3 is 4.18 Å². The molecule has 0 fully saturated rings. The zero-order valence-electron chi connectivity index (χ0n) is 9.91. The second-order valence-corrected chi connectivity index (χ2v) is 5.23. The van der Waals surface area contributed by atoms with Crippen molar-refractivity contribution in [2.75, 3.05) is 0 Å². The molecule has 0 aliphatic carbocycles. The third-order valence-corrected chi connectivity index (χ3v) is 3.64. The Kier molecular flexibility index (Phi) is 3.86. The van der Waals surface area contributed by atoms with Crippen LogP contribution in [0.2, 0.25) is 0 Å². The Morgan fingerprint density at radius 2 is 1.14 bits per heavy atom. The van der Waals surface area contributed by atoms with Gasteiger partial charge in [0.2, 0.25) is 5.82 Å². The van der Waals surface area contributed by atoms with Gasteiger partial charge in [0.1, 0.15) is 5.75 Å². The van der Waals surface area contributed by atoms with Gasteiger partial charge in [-0.05, 0) is 12.1 Å². The predicted molar refractivity (Wildman–Crippen MR) is 60.5 cm³/mol. The lowest BCUT2D eigenvalue weighted by atomic mass is 10.3. The molecule has 0 amide bonds. The SMILES string of the molecule is O=S(=O)(Oc1ccccc1)c1c(F)c(F)c(F)c(F)c1F. The minimum absolute atomic E-state index is 0.346. The quantitative estimate of drug-likeness (QED) is 0.377. The van der Waals surface area contributed by atoms with E-state index in [1.54, 1.807) is 0 Å². The van der Waals surface area contributed by atoms with Crippen LogP contribution in [-0.4, -0.2) is 8.42 Å². The molecular formula is C12H5F5O3S. The summed E-state index contributed by atoms with van der Waals surface area (Å²) in [6.45, 7) is 0. The Balaban J connectivity index is 2.61. The number of benzene rings is 2. The number of para-hydroxylation sites is 1. The van der Waals surface area contributed by atoms with Crippen LogP contribution in [0.5, 0.6) is 5.75 Å². The van der Waals surface area contributed by atoms with Crippen molar-refractivity contribution in [3.63, 3.8) is 0 Å². The first-order chi connectivity index (χ1) is 9.75. The Bertz CT molecular complexity index is 761. The number of hydrogen-bond acceptors (Lipinski definition) is 3. The van der Waals surface area contributed by atoms with Crippen LogP contribution in [0.25, 0.3) is 0 Å². The van der Waals surface area contributed by atoms with Gasteiger partial charge in [-0.3, -0.25) is 0 Å². The highest BCUT2D eigenvalue weighted by Gasteiger charge is 2.34. The molecule has 0 bridgehead atoms. The Morgan fingerprint density at radius 1 is 0.714 bits per heavy atom. The van der Waals surface area contributed by atoms with Crippen LogP contribution in [0.1, 0.15) is 0 Å². The monoisotopic (exact) mass is 324 g/mol. The summed E-state index contributed by atoms with van der Waals surface area (Å²) in [6, 6.07) is 6.46. The molecule has 9 heteroatoms. The summed E-state index contributed by atoms with van der Waals surface area (Å²) in [5, 5.41) is 0. The van der Waals surface area contributed by atoms with E-state index in [2.05, 4.69) is 4.18 Å². The predicted octanol–water partition coefficient (Wildman–Crippen LogP) is 3.15. The number of hydrogen-bond donors (Lipinski definition) is 0. The lowest BCUT2D eigenvalue weighted by molar-refractivity contribution is 0.352. The van der Waals surface area contributed by atoms with Crippen molar-refractivity contribution in [2.45, 2.75) is 4.90 Å². The van der Waals surface area contributed by atoms with E-state index in [1.807, 2.05) is 0 Å². The van der Waals surface area contributed by atoms with Gasteiger partial charge >= 0.3 is 10.1 Å². The summed E-state index contributed by atoms with van der Waals surface area (Å²) < 4.78 is 93.4. The summed E-state index contributed by atoms with van der Waals surface area (Å²) in [5.41, 5.74) is 0. The van der Waals surface area contributed by atoms with E-state index in [-0.39, 0.29) is 5.75 Å². The van der Waals surface area contributed by atoms with Gasteiger partial charge in [0.05, 0.1) is 0 Å². The molecule has 0 atom stereocenters. The maximum atomic E-state index is 13.4. The summed E-state index contributed by atoms with van der Waals surface area (Å²) in [4.78, 5) is -2.04. The molecule has 0 N–H and O–H groups in total. The second kappa shape index (κ2) is 5.32. The zero-order chi connectivity index (χ0) is 15.8. The lowest BCUT2D eigenvalue weighted by Crippen LogP contribution is -2.17. The molecule has 0 aromatic heterocycles. The molecule has 0 aliphatic rings. The fourth-order valence-corrected chi connectivity index (χ4v) is 2.51. The molecule has 112 valence electrons. The zero-order valence-corrected chi connectivity index (χ0v) is 10.7. The van der Waals surface area contributed by atoms with Crippen LogP contribution in [-0.2, 0) is 10.1 Å². The van der Waals surface area contributed by atoms with Crippen LogP contribution in [0.4, 0.5) is 22.0 Å². The molecular weight excluding hydrogens is 319 g/mol. The van der Waals surface area contributed by atoms with Gasteiger partial charge in [-0.1, -0.05) is 18.2 Å². The van der Waals surface area contributed by atoms with Crippen molar-refractivity contribution >= 4 is 10.1 Å². The minimum atomic E-state index is -5.23. The van der Waals surface area contributed by atoms with Crippen molar-refractivity contribution < 1.29 is 34.6 Å². The van der Waals surface area contributed by atoms with Crippen LogP contribution in [0.3, 0.4) is 0 Å². The average Bonchev–Trinajstić information content (AvgIpc) is 2.43. The topological polar surface area (TPSA) is 43.4 Å². The second-order valence-electron chi connectivity index (χ2n) is 3.75. The van der Waals surface area contributed by atoms with E-state index in [1.165, 1.54) is 18.2 Å². The summed E-state index contributed by atoms with van der Waals surface area (Å²) >= 11 is 0. The Morgan fingerprint density at radius 3 is 1.62 bits per heavy atom. The molecule has 2 rings (SSSR count). The van der Waals surface area contributed by atoms with Crippen LogP contribution < -0.4 is 4.18 Å². The average molecular weight is 324 g/mol. The van der Waals surface area contributed by atoms with Crippen LogP contribution >= 0.6 is 0 Å². The normalized spacial score (nSPS) is 11.5. The summed E-state index contributed by atoms with van der Waals surface area (Å²) in [6.07, 6.45) is 0. The molecule has 2 aromatic rings. The van der Waals surface area contributed by atoms with Crippen LogP contribution in [0, 0.1) is 29.1 Å². The van der Waals surface area contributed by atoms with E-state index in [4.69, 9.17) is 0 Å². The molecule has 0 spiro atoms. The first-order valence-electron chi connectivity index (χ1n) is 5.26. The summed E-state index contributed by atoms with van der Waals surface area (Å²) in [7, 11) is -5.23. The smallest absolute Gasteiger partial charge is 0.345 e. The van der Waals surface area contributed by atoms with E-state index in [0.717, 1.165) is 12.1 Å². The Labute approximate surface area is 115 Å². The maximum Gasteiger partial charge on any atom is 0.345 e. The standard InChI is InChI=1S/C12H5F5O3S/c13-7-8(14)10(16)12(11(17)9(7)15)21(18,19)20-6-4-2-1-3-5-6/h1-5H. The minimum Gasteiger partial charge on any atom is -0.379 e. The van der Waals surface area contributed by atoms with Gasteiger partial charge in [0.15, 0.2) is 28.2 Å². The maximum absolute atomic E-state index is 13.4. The van der Waals surface area contributed by atoms with Crippen molar-refractivity contribution in [1.82, 2.24) is 0 Å². The number of rotatable bonds is 3. The Hall–Kier alpha value is -2.16. The first kappa shape index (κ1) is 15.2. The van der Waals surface area contributed by atoms with E-state index in [0.29, 0.717) is 0 Å². The summed E-state index contributed by atoms with van der Waals surface area (Å²) in [5.74, 6) is -12.5. The van der Waals surface area contributed by atoms with Gasteiger partial charge in [0.25, 0.3) is 0 Å². The third-order valence-electron chi connectivity index (χ3n) is 2.37. The van der Waals surface area contributed by atoms with Gasteiger partial charge in [0, 0.05) is 0 Å². The molecule has 0 radical (unpaired) electrons. The van der Waals surface area contributed by atoms with E-state index >= 15 is 0 Å². The van der Waals surface area contributed by atoms with E-state index in [9.17, 15) is 30.4 Å². The van der Waals surface area contributed by atoms with Crippen molar-refractivity contribution in [3.8, 4) is 5.75 Å². The van der Waals surface area contributed by atoms with Crippen molar-refractivity contribution in [3.05, 3.63) is 59.4 Å². The third kappa shape index (κ3) is 2.68. The van der Waals surface area contributed by atoms with Crippen molar-refractivity contribution in [1.29, 1.82) is 0 Å². The van der Waals surface area contributed by atoms with E-state index < -0.39 is 44.1 Å². The first-order valence-corrected chi connectivity index (χ1v) is 6.67. The largest absolute Gasteiger partial charge is 0.379 e. The van der Waals surface area contributed by atoms with Crippen LogP contribution in [0.15, 0.2) is 35.2 Å². The molecule has 21 heavy (non-hydrogen) atoms. The highest BCUT2D eigenvalue weighted by atomic mass is 32.2. The molecule has 0 heterocycles. The number of halogens is 5. The fourth-order valence-electron chi connectivity index (χ4n) is 1.45. The molecule has 2 aromatic carbocycles. The molecule has 0 unspecified atom stereocenters. The van der Waals surface area contributed by atoms with Gasteiger partial charge in [-0.2, -0.15) is 8.42 Å². The lowest BCUT2D eigenvalue weighted by Gasteiger charge is -2.10. The molecule has 0 aliphatic heterocycles. The molecule has 0 saturated heterocycles. The van der Waals surface area contributed by atoms with Gasteiger partial charge in [-0.15, -0.1) is 0 Å². The fraction of sp³-hybridized carbons (Fsp3) is 0. The molecule has 0 saturated carbocycles. The molecule has 3 nitrogen and oxygen atoms in total. The highest BCUT2D eigenvalue weighted by molar-refractivity contribution is 7.87. The van der Waals surface area contributed by atoms with Gasteiger partial charge in [-0.25, -0.2) is 22.0 Å². The highest BCUT2D eigenvalue weighted by Crippen LogP contribution is 2.28. The van der Waals surface area contributed by atoms with Crippen molar-refractivity contribution in [2.24, 2.45) is 0 Å².